The Hall–Kier alpha value is -1.11. The first kappa shape index (κ1) is 16.9. The van der Waals surface area contributed by atoms with E-state index >= 15 is 0 Å². The third-order valence-electron chi connectivity index (χ3n) is 2.91. The number of aliphatic carboxylic acids is 1. The number of ether oxygens (including phenoxy) is 1. The maximum Gasteiger partial charge on any atom is 0.322 e. The molecule has 0 rings (SSSR count). The standard InChI is InChI=1S/C11H20O6S/c1-10(2,3)18(15,16)7-6-11(4,8(12)13)9(14)17-5/h6-7H2,1-5H3,(H,12,13). The molecule has 0 saturated carbocycles. The van der Waals surface area contributed by atoms with Gasteiger partial charge in [-0.2, -0.15) is 0 Å². The number of esters is 1. The molecule has 7 heteroatoms. The third-order valence-corrected chi connectivity index (χ3v) is 5.52. The van der Waals surface area contributed by atoms with E-state index in [0.29, 0.717) is 0 Å². The van der Waals surface area contributed by atoms with E-state index in [-0.39, 0.29) is 12.2 Å². The minimum Gasteiger partial charge on any atom is -0.480 e. The molecular weight excluding hydrogens is 260 g/mol. The molecule has 1 unspecified atom stereocenters. The molecule has 1 atom stereocenters. The average Bonchev–Trinajstić information content (AvgIpc) is 2.22. The van der Waals surface area contributed by atoms with Gasteiger partial charge in [-0.15, -0.1) is 0 Å². The van der Waals surface area contributed by atoms with Crippen LogP contribution < -0.4 is 0 Å². The quantitative estimate of drug-likeness (QED) is 0.592. The Morgan fingerprint density at radius 1 is 1.17 bits per heavy atom. The van der Waals surface area contributed by atoms with Crippen LogP contribution in [0.2, 0.25) is 0 Å². The molecule has 0 spiro atoms. The fourth-order valence-electron chi connectivity index (χ4n) is 1.17. The molecule has 106 valence electrons. The second-order valence-electron chi connectivity index (χ2n) is 5.31. The number of hydrogen-bond acceptors (Lipinski definition) is 5. The zero-order valence-corrected chi connectivity index (χ0v) is 12.1. The summed E-state index contributed by atoms with van der Waals surface area (Å²) in [4.78, 5) is 22.5. The predicted molar refractivity (Wildman–Crippen MR) is 65.9 cm³/mol. The van der Waals surface area contributed by atoms with Crippen LogP contribution >= 0.6 is 0 Å². The van der Waals surface area contributed by atoms with Crippen LogP contribution in [0, 0.1) is 5.41 Å². The van der Waals surface area contributed by atoms with Crippen LogP contribution in [0.25, 0.3) is 0 Å². The van der Waals surface area contributed by atoms with Gasteiger partial charge in [-0.1, -0.05) is 0 Å². The van der Waals surface area contributed by atoms with Crippen molar-refractivity contribution in [2.75, 3.05) is 12.9 Å². The lowest BCUT2D eigenvalue weighted by atomic mass is 9.88. The van der Waals surface area contributed by atoms with Gasteiger partial charge in [-0.3, -0.25) is 9.59 Å². The first-order valence-electron chi connectivity index (χ1n) is 5.42. The van der Waals surface area contributed by atoms with E-state index in [1.165, 1.54) is 27.7 Å². The van der Waals surface area contributed by atoms with Crippen molar-refractivity contribution in [1.82, 2.24) is 0 Å². The first-order chi connectivity index (χ1) is 7.88. The number of sulfone groups is 1. The van der Waals surface area contributed by atoms with Gasteiger partial charge in [0.1, 0.15) is 0 Å². The number of carboxylic acid groups (broad SMARTS) is 1. The van der Waals surface area contributed by atoms with Crippen LogP contribution in [0.5, 0.6) is 0 Å². The van der Waals surface area contributed by atoms with Crippen molar-refractivity contribution < 1.29 is 27.9 Å². The summed E-state index contributed by atoms with van der Waals surface area (Å²) in [5.41, 5.74) is -1.84. The lowest BCUT2D eigenvalue weighted by Crippen LogP contribution is -2.41. The van der Waals surface area contributed by atoms with E-state index < -0.39 is 31.9 Å². The second-order valence-corrected chi connectivity index (χ2v) is 8.17. The summed E-state index contributed by atoms with van der Waals surface area (Å²) >= 11 is 0. The smallest absolute Gasteiger partial charge is 0.322 e. The summed E-state index contributed by atoms with van der Waals surface area (Å²) in [7, 11) is -2.41. The number of carbonyl (C=O) groups is 2. The molecule has 1 N–H and O–H groups in total. The van der Waals surface area contributed by atoms with Crippen LogP contribution in [0.1, 0.15) is 34.1 Å². The van der Waals surface area contributed by atoms with Crippen molar-refractivity contribution in [2.45, 2.75) is 38.9 Å². The molecule has 0 radical (unpaired) electrons. The minimum atomic E-state index is -3.48. The molecule has 0 saturated heterocycles. The highest BCUT2D eigenvalue weighted by Gasteiger charge is 2.44. The second kappa shape index (κ2) is 5.26. The summed E-state index contributed by atoms with van der Waals surface area (Å²) < 4.78 is 27.2. The van der Waals surface area contributed by atoms with Crippen molar-refractivity contribution in [1.29, 1.82) is 0 Å². The monoisotopic (exact) mass is 280 g/mol. The molecule has 6 nitrogen and oxygen atoms in total. The topological polar surface area (TPSA) is 97.7 Å². The number of carboxylic acids is 1. The molecule has 18 heavy (non-hydrogen) atoms. The molecule has 0 aliphatic heterocycles. The number of hydrogen-bond donors (Lipinski definition) is 1. The normalized spacial score (nSPS) is 15.8. The SMILES string of the molecule is COC(=O)C(C)(CCS(=O)(=O)C(C)(C)C)C(=O)O. The molecule has 0 fully saturated rings. The lowest BCUT2D eigenvalue weighted by Gasteiger charge is -2.24. The zero-order chi connectivity index (χ0) is 14.8. The molecule has 0 amide bonds. The van der Waals surface area contributed by atoms with E-state index in [2.05, 4.69) is 4.74 Å². The van der Waals surface area contributed by atoms with Crippen molar-refractivity contribution in [2.24, 2.45) is 5.41 Å². The number of carbonyl (C=O) groups excluding carboxylic acids is 1. The Bertz CT molecular complexity index is 431. The first-order valence-corrected chi connectivity index (χ1v) is 7.08. The van der Waals surface area contributed by atoms with Gasteiger partial charge in [0.05, 0.1) is 17.6 Å². The predicted octanol–water partition coefficient (Wildman–Crippen LogP) is 0.854. The third kappa shape index (κ3) is 3.44. The van der Waals surface area contributed by atoms with Gasteiger partial charge in [-0.25, -0.2) is 8.42 Å². The highest BCUT2D eigenvalue weighted by Crippen LogP contribution is 2.27. The van der Waals surface area contributed by atoms with E-state index in [0.717, 1.165) is 7.11 Å². The summed E-state index contributed by atoms with van der Waals surface area (Å²) in [5.74, 6) is -2.72. The van der Waals surface area contributed by atoms with E-state index in [1.54, 1.807) is 0 Å². The van der Waals surface area contributed by atoms with Gasteiger partial charge in [0.15, 0.2) is 15.3 Å². The van der Waals surface area contributed by atoms with Crippen LogP contribution in [0.4, 0.5) is 0 Å². The number of methoxy groups -OCH3 is 1. The van der Waals surface area contributed by atoms with Crippen molar-refractivity contribution in [3.8, 4) is 0 Å². The summed E-state index contributed by atoms with van der Waals surface area (Å²) in [6, 6.07) is 0. The average molecular weight is 280 g/mol. The van der Waals surface area contributed by atoms with E-state index in [1.807, 2.05) is 0 Å². The molecular formula is C11H20O6S. The van der Waals surface area contributed by atoms with Gasteiger partial charge >= 0.3 is 11.9 Å². The fourth-order valence-corrected chi connectivity index (χ4v) is 2.46. The van der Waals surface area contributed by atoms with Crippen LogP contribution in [0.3, 0.4) is 0 Å². The maximum absolute atomic E-state index is 11.9. The minimum absolute atomic E-state index is 0.311. The molecule has 0 aromatic carbocycles. The Labute approximate surface area is 107 Å². The van der Waals surface area contributed by atoms with Gasteiger partial charge in [0.2, 0.25) is 0 Å². The van der Waals surface area contributed by atoms with Gasteiger partial charge in [0, 0.05) is 0 Å². The molecule has 0 aliphatic rings. The van der Waals surface area contributed by atoms with Crippen LogP contribution in [-0.2, 0) is 24.2 Å². The number of rotatable bonds is 5. The molecule has 0 aliphatic carbocycles. The Balaban J connectivity index is 5.09. The van der Waals surface area contributed by atoms with E-state index in [4.69, 9.17) is 5.11 Å². The molecule has 0 aromatic rings. The van der Waals surface area contributed by atoms with E-state index in [9.17, 15) is 18.0 Å². The molecule has 0 bridgehead atoms. The van der Waals surface area contributed by atoms with Crippen LogP contribution in [0.15, 0.2) is 0 Å². The maximum atomic E-state index is 11.9. The summed E-state index contributed by atoms with van der Waals surface area (Å²) in [6.45, 7) is 5.75. The van der Waals surface area contributed by atoms with Crippen molar-refractivity contribution in [3.63, 3.8) is 0 Å². The largest absolute Gasteiger partial charge is 0.480 e. The van der Waals surface area contributed by atoms with Crippen molar-refractivity contribution >= 4 is 21.8 Å². The summed E-state index contributed by atoms with van der Waals surface area (Å²) in [6.07, 6.45) is -0.311. The van der Waals surface area contributed by atoms with Gasteiger partial charge in [-0.05, 0) is 34.1 Å². The van der Waals surface area contributed by atoms with Crippen molar-refractivity contribution in [3.05, 3.63) is 0 Å². The van der Waals surface area contributed by atoms with Gasteiger partial charge < -0.3 is 9.84 Å². The van der Waals surface area contributed by atoms with Gasteiger partial charge in [0.25, 0.3) is 0 Å². The van der Waals surface area contributed by atoms with Crippen LogP contribution in [-0.4, -0.2) is 43.1 Å². The molecule has 0 heterocycles. The highest BCUT2D eigenvalue weighted by atomic mass is 32.2. The summed E-state index contributed by atoms with van der Waals surface area (Å²) in [5, 5.41) is 9.04. The Morgan fingerprint density at radius 2 is 1.61 bits per heavy atom. The Kier molecular flexibility index (Phi) is 4.93. The lowest BCUT2D eigenvalue weighted by molar-refractivity contribution is -0.165. The zero-order valence-electron chi connectivity index (χ0n) is 11.3. The Morgan fingerprint density at radius 3 is 1.89 bits per heavy atom. The fraction of sp³-hybridized carbons (Fsp3) is 0.818. The highest BCUT2D eigenvalue weighted by molar-refractivity contribution is 7.92. The molecule has 0 aromatic heterocycles.